The maximum Gasteiger partial charge on any atom is 0.191 e. The third-order valence-corrected chi connectivity index (χ3v) is 7.50. The molecule has 4 rings (SSSR count). The molecule has 2 heterocycles. The minimum absolute atomic E-state index is 0. The lowest BCUT2D eigenvalue weighted by atomic mass is 9.57. The molecule has 5 nitrogen and oxygen atoms in total. The fraction of sp³-hybridized carbons (Fsp3) is 0.952. The van der Waals surface area contributed by atoms with E-state index in [0.29, 0.717) is 24.1 Å². The van der Waals surface area contributed by atoms with Gasteiger partial charge in [-0.05, 0) is 38.6 Å². The van der Waals surface area contributed by atoms with Crippen molar-refractivity contribution in [2.24, 2.45) is 16.3 Å². The van der Waals surface area contributed by atoms with E-state index in [1.165, 1.54) is 64.5 Å². The Bertz CT molecular complexity index is 520. The molecule has 2 saturated carbocycles. The van der Waals surface area contributed by atoms with Crippen molar-refractivity contribution in [1.29, 1.82) is 0 Å². The van der Waals surface area contributed by atoms with E-state index in [2.05, 4.69) is 34.4 Å². The maximum absolute atomic E-state index is 5.94. The topological polar surface area (TPSA) is 48.9 Å². The first kappa shape index (κ1) is 21.6. The molecular formula is C21H39IN4O. The van der Waals surface area contributed by atoms with E-state index in [4.69, 9.17) is 4.74 Å². The van der Waals surface area contributed by atoms with Crippen LogP contribution in [0.4, 0.5) is 0 Å². The summed E-state index contributed by atoms with van der Waals surface area (Å²) >= 11 is 0. The Morgan fingerprint density at radius 2 is 1.81 bits per heavy atom. The second-order valence-corrected chi connectivity index (χ2v) is 9.53. The number of nitrogens with one attached hydrogen (secondary N) is 2. The summed E-state index contributed by atoms with van der Waals surface area (Å²) in [6, 6.07) is 1.82. The van der Waals surface area contributed by atoms with Gasteiger partial charge >= 0.3 is 0 Å². The predicted molar refractivity (Wildman–Crippen MR) is 122 cm³/mol. The van der Waals surface area contributed by atoms with Gasteiger partial charge in [0.25, 0.3) is 0 Å². The van der Waals surface area contributed by atoms with E-state index in [1.54, 1.807) is 0 Å². The summed E-state index contributed by atoms with van der Waals surface area (Å²) < 4.78 is 5.94. The number of ether oxygens (including phenoxy) is 1. The number of aliphatic imine (C=N–C) groups is 1. The first-order chi connectivity index (χ1) is 12.6. The Morgan fingerprint density at radius 1 is 1.04 bits per heavy atom. The molecule has 0 aromatic carbocycles. The number of hydrogen-bond donors (Lipinski definition) is 2. The monoisotopic (exact) mass is 490 g/mol. The molecule has 4 fully saturated rings. The summed E-state index contributed by atoms with van der Waals surface area (Å²) in [6.07, 6.45) is 11.2. The molecule has 4 aliphatic rings. The lowest BCUT2D eigenvalue weighted by molar-refractivity contribution is -0.106. The third kappa shape index (κ3) is 4.42. The fourth-order valence-corrected chi connectivity index (χ4v) is 6.03. The first-order valence-electron chi connectivity index (χ1n) is 10.9. The van der Waals surface area contributed by atoms with Crippen molar-refractivity contribution in [2.45, 2.75) is 89.4 Å². The predicted octanol–water partition coefficient (Wildman–Crippen LogP) is 3.38. The van der Waals surface area contributed by atoms with Gasteiger partial charge in [0.05, 0.1) is 6.10 Å². The molecule has 0 spiro atoms. The van der Waals surface area contributed by atoms with Gasteiger partial charge in [0.2, 0.25) is 0 Å². The normalized spacial score (nSPS) is 37.1. The van der Waals surface area contributed by atoms with Gasteiger partial charge in [-0.25, -0.2) is 0 Å². The third-order valence-electron chi connectivity index (χ3n) is 7.50. The molecule has 2 aliphatic heterocycles. The van der Waals surface area contributed by atoms with Gasteiger partial charge in [-0.15, -0.1) is 24.0 Å². The van der Waals surface area contributed by atoms with Crippen LogP contribution in [0.5, 0.6) is 0 Å². The zero-order chi connectivity index (χ0) is 18.1. The smallest absolute Gasteiger partial charge is 0.191 e. The van der Waals surface area contributed by atoms with Crippen molar-refractivity contribution in [3.05, 3.63) is 0 Å². The molecule has 0 aromatic heterocycles. The Labute approximate surface area is 182 Å². The van der Waals surface area contributed by atoms with Crippen molar-refractivity contribution in [3.63, 3.8) is 0 Å². The SMILES string of the molecule is CN=C(NC1CCCN(C2CCCCC2)C1)NC1C2CCOC2C1(C)C.I. The van der Waals surface area contributed by atoms with Crippen LogP contribution in [0.2, 0.25) is 0 Å². The zero-order valence-electron chi connectivity index (χ0n) is 17.4. The summed E-state index contributed by atoms with van der Waals surface area (Å²) in [4.78, 5) is 7.31. The van der Waals surface area contributed by atoms with Gasteiger partial charge < -0.3 is 15.4 Å². The van der Waals surface area contributed by atoms with E-state index in [1.807, 2.05) is 7.05 Å². The summed E-state index contributed by atoms with van der Waals surface area (Å²) in [5, 5.41) is 7.49. The Balaban J connectivity index is 0.00000210. The lowest BCUT2D eigenvalue weighted by Crippen LogP contribution is -2.68. The highest BCUT2D eigenvalue weighted by Gasteiger charge is 2.59. The van der Waals surface area contributed by atoms with Gasteiger partial charge in [0.15, 0.2) is 5.96 Å². The molecule has 2 saturated heterocycles. The second-order valence-electron chi connectivity index (χ2n) is 9.53. The quantitative estimate of drug-likeness (QED) is 0.362. The van der Waals surface area contributed by atoms with Gasteiger partial charge in [-0.3, -0.25) is 9.89 Å². The number of nitrogens with zero attached hydrogens (tertiary/aromatic N) is 2. The molecule has 4 atom stereocenters. The van der Waals surface area contributed by atoms with E-state index in [0.717, 1.165) is 18.6 Å². The molecule has 0 aromatic rings. The van der Waals surface area contributed by atoms with Crippen molar-refractivity contribution < 1.29 is 4.74 Å². The highest BCUT2D eigenvalue weighted by molar-refractivity contribution is 14.0. The van der Waals surface area contributed by atoms with Gasteiger partial charge in [-0.2, -0.15) is 0 Å². The first-order valence-corrected chi connectivity index (χ1v) is 10.9. The average molecular weight is 490 g/mol. The minimum atomic E-state index is 0. The van der Waals surface area contributed by atoms with E-state index in [-0.39, 0.29) is 29.4 Å². The van der Waals surface area contributed by atoms with Crippen molar-refractivity contribution in [1.82, 2.24) is 15.5 Å². The molecule has 0 radical (unpaired) electrons. The maximum atomic E-state index is 5.94. The summed E-state index contributed by atoms with van der Waals surface area (Å²) in [6.45, 7) is 8.04. The summed E-state index contributed by atoms with van der Waals surface area (Å²) in [7, 11) is 1.91. The van der Waals surface area contributed by atoms with E-state index < -0.39 is 0 Å². The van der Waals surface area contributed by atoms with Crippen LogP contribution in [0.25, 0.3) is 0 Å². The molecular weight excluding hydrogens is 451 g/mol. The second kappa shape index (κ2) is 9.16. The number of rotatable bonds is 3. The van der Waals surface area contributed by atoms with Crippen LogP contribution in [0, 0.1) is 11.3 Å². The zero-order valence-corrected chi connectivity index (χ0v) is 19.7. The highest BCUT2D eigenvalue weighted by atomic mass is 127. The van der Waals surface area contributed by atoms with Crippen molar-refractivity contribution in [3.8, 4) is 0 Å². The molecule has 156 valence electrons. The largest absolute Gasteiger partial charge is 0.377 e. The summed E-state index contributed by atoms with van der Waals surface area (Å²) in [5.74, 6) is 1.64. The van der Waals surface area contributed by atoms with Gasteiger partial charge in [-0.1, -0.05) is 33.1 Å². The Hall–Kier alpha value is -0.0800. The summed E-state index contributed by atoms with van der Waals surface area (Å²) in [5.41, 5.74) is 0.194. The van der Waals surface area contributed by atoms with Crippen LogP contribution in [-0.4, -0.2) is 61.8 Å². The van der Waals surface area contributed by atoms with E-state index in [9.17, 15) is 0 Å². The molecule has 27 heavy (non-hydrogen) atoms. The number of likely N-dealkylation sites (tertiary alicyclic amines) is 1. The van der Waals surface area contributed by atoms with E-state index >= 15 is 0 Å². The van der Waals surface area contributed by atoms with Gasteiger partial charge in [0, 0.05) is 49.7 Å². The molecule has 6 heteroatoms. The number of hydrogen-bond acceptors (Lipinski definition) is 3. The van der Waals surface area contributed by atoms with Gasteiger partial charge in [0.1, 0.15) is 0 Å². The average Bonchev–Trinajstić information content (AvgIpc) is 3.13. The molecule has 0 bridgehead atoms. The Morgan fingerprint density at radius 3 is 2.56 bits per heavy atom. The standard InChI is InChI=1S/C21H38N4O.HI/c1-21(2)18(17-11-13-26-19(17)21)24-20(22-3)23-15-8-7-12-25(14-15)16-9-5-4-6-10-16;/h15-19H,4-14H2,1-3H3,(H2,22,23,24);1H. The van der Waals surface area contributed by atoms with Crippen LogP contribution >= 0.6 is 24.0 Å². The molecule has 2 aliphatic carbocycles. The molecule has 2 N–H and O–H groups in total. The van der Waals surface area contributed by atoms with Crippen molar-refractivity contribution in [2.75, 3.05) is 26.7 Å². The van der Waals surface area contributed by atoms with Crippen LogP contribution in [0.3, 0.4) is 0 Å². The fourth-order valence-electron chi connectivity index (χ4n) is 6.03. The van der Waals surface area contributed by atoms with Crippen LogP contribution in [0.1, 0.15) is 65.2 Å². The Kier molecular flexibility index (Phi) is 7.34. The number of halogens is 1. The highest BCUT2D eigenvalue weighted by Crippen LogP contribution is 2.52. The minimum Gasteiger partial charge on any atom is -0.377 e. The van der Waals surface area contributed by atoms with Crippen LogP contribution in [0.15, 0.2) is 4.99 Å². The number of piperidine rings is 1. The molecule has 4 unspecified atom stereocenters. The van der Waals surface area contributed by atoms with Crippen LogP contribution < -0.4 is 10.6 Å². The number of fused-ring (bicyclic) bond motifs is 1. The van der Waals surface area contributed by atoms with Crippen molar-refractivity contribution >= 4 is 29.9 Å². The number of guanidine groups is 1. The lowest BCUT2D eigenvalue weighted by Gasteiger charge is -2.55. The van der Waals surface area contributed by atoms with Crippen LogP contribution in [-0.2, 0) is 4.74 Å². The molecule has 0 amide bonds.